The minimum atomic E-state index is -0.572. The van der Waals surface area contributed by atoms with Crippen LogP contribution in [0.4, 0.5) is 4.39 Å². The van der Waals surface area contributed by atoms with Crippen LogP contribution in [0.5, 0.6) is 5.75 Å². The van der Waals surface area contributed by atoms with Crippen molar-refractivity contribution in [2.45, 2.75) is 19.4 Å². The molecule has 3 atom stereocenters. The number of halogens is 1. The molecule has 120 valence electrons. The predicted octanol–water partition coefficient (Wildman–Crippen LogP) is 3.96. The van der Waals surface area contributed by atoms with Gasteiger partial charge in [0.15, 0.2) is 0 Å². The van der Waals surface area contributed by atoms with Crippen LogP contribution >= 0.6 is 0 Å². The van der Waals surface area contributed by atoms with Crippen LogP contribution in [0, 0.1) is 17.7 Å². The van der Waals surface area contributed by atoms with Crippen molar-refractivity contribution in [2.75, 3.05) is 7.11 Å². The summed E-state index contributed by atoms with van der Waals surface area (Å²) in [6.45, 7) is 2.17. The number of amides is 1. The van der Waals surface area contributed by atoms with Crippen molar-refractivity contribution < 1.29 is 13.9 Å². The van der Waals surface area contributed by atoms with Gasteiger partial charge in [-0.1, -0.05) is 37.3 Å². The van der Waals surface area contributed by atoms with Crippen molar-refractivity contribution in [3.63, 3.8) is 0 Å². The summed E-state index contributed by atoms with van der Waals surface area (Å²) in [4.78, 5) is 12.5. The van der Waals surface area contributed by atoms with E-state index in [-0.39, 0.29) is 11.6 Å². The number of carbonyl (C=O) groups is 1. The second kappa shape index (κ2) is 6.41. The van der Waals surface area contributed by atoms with E-state index < -0.39 is 11.7 Å². The fraction of sp³-hybridized carbons (Fsp3) is 0.316. The molecular weight excluding hydrogens is 293 g/mol. The zero-order valence-corrected chi connectivity index (χ0v) is 13.3. The first-order valence-electron chi connectivity index (χ1n) is 7.79. The van der Waals surface area contributed by atoms with Crippen molar-refractivity contribution in [3.05, 3.63) is 65.5 Å². The number of carbonyl (C=O) groups excluding carboxylic acids is 1. The van der Waals surface area contributed by atoms with Gasteiger partial charge in [0.25, 0.3) is 5.91 Å². The van der Waals surface area contributed by atoms with Crippen LogP contribution in [0.1, 0.15) is 35.3 Å². The van der Waals surface area contributed by atoms with Crippen molar-refractivity contribution in [1.82, 2.24) is 5.32 Å². The van der Waals surface area contributed by atoms with Gasteiger partial charge in [-0.05, 0) is 36.0 Å². The first-order chi connectivity index (χ1) is 11.1. The molecule has 0 aliphatic heterocycles. The fourth-order valence-corrected chi connectivity index (χ4v) is 2.94. The predicted molar refractivity (Wildman–Crippen MR) is 86.9 cm³/mol. The minimum Gasteiger partial charge on any atom is -0.497 e. The van der Waals surface area contributed by atoms with Gasteiger partial charge in [-0.2, -0.15) is 0 Å². The SMILES string of the molecule is COc1ccc(C(=O)NC(c2ccccc2)C2CC2C)c(F)c1. The first-order valence-corrected chi connectivity index (χ1v) is 7.79. The fourth-order valence-electron chi connectivity index (χ4n) is 2.94. The zero-order valence-electron chi connectivity index (χ0n) is 13.3. The Labute approximate surface area is 135 Å². The second-order valence-corrected chi connectivity index (χ2v) is 6.08. The summed E-state index contributed by atoms with van der Waals surface area (Å²) < 4.78 is 19.1. The molecule has 1 fully saturated rings. The maximum Gasteiger partial charge on any atom is 0.254 e. The third-order valence-electron chi connectivity index (χ3n) is 4.47. The molecule has 3 rings (SSSR count). The highest BCUT2D eigenvalue weighted by atomic mass is 19.1. The maximum absolute atomic E-state index is 14.1. The molecule has 23 heavy (non-hydrogen) atoms. The van der Waals surface area contributed by atoms with Crippen molar-refractivity contribution >= 4 is 5.91 Å². The van der Waals surface area contributed by atoms with Gasteiger partial charge in [-0.25, -0.2) is 4.39 Å². The number of methoxy groups -OCH3 is 1. The molecule has 1 saturated carbocycles. The van der Waals surface area contributed by atoms with Crippen LogP contribution in [0.25, 0.3) is 0 Å². The van der Waals surface area contributed by atoms with Crippen LogP contribution in [-0.2, 0) is 0 Å². The number of nitrogens with one attached hydrogen (secondary N) is 1. The number of rotatable bonds is 5. The van der Waals surface area contributed by atoms with E-state index in [4.69, 9.17) is 4.74 Å². The number of benzene rings is 2. The molecule has 2 aromatic rings. The van der Waals surface area contributed by atoms with Gasteiger partial charge in [0, 0.05) is 6.07 Å². The maximum atomic E-state index is 14.1. The average molecular weight is 313 g/mol. The molecule has 1 aliphatic rings. The molecule has 4 heteroatoms. The summed E-state index contributed by atoms with van der Waals surface area (Å²) in [6.07, 6.45) is 1.07. The van der Waals surface area contributed by atoms with Gasteiger partial charge >= 0.3 is 0 Å². The van der Waals surface area contributed by atoms with E-state index in [0.29, 0.717) is 17.6 Å². The van der Waals surface area contributed by atoms with Gasteiger partial charge in [-0.15, -0.1) is 0 Å². The van der Waals surface area contributed by atoms with E-state index in [0.717, 1.165) is 12.0 Å². The smallest absolute Gasteiger partial charge is 0.254 e. The first kappa shape index (κ1) is 15.5. The standard InChI is InChI=1S/C19H20FNO2/c1-12-10-16(12)18(13-6-4-3-5-7-13)21-19(22)15-9-8-14(23-2)11-17(15)20/h3-9,11-12,16,18H,10H2,1-2H3,(H,21,22). The Kier molecular flexibility index (Phi) is 4.33. The molecule has 0 radical (unpaired) electrons. The molecule has 1 aliphatic carbocycles. The Balaban J connectivity index is 1.81. The Morgan fingerprint density at radius 1 is 1.26 bits per heavy atom. The van der Waals surface area contributed by atoms with Crippen molar-refractivity contribution in [1.29, 1.82) is 0 Å². The average Bonchev–Trinajstić information content (AvgIpc) is 3.29. The molecule has 0 bridgehead atoms. The third-order valence-corrected chi connectivity index (χ3v) is 4.47. The van der Waals surface area contributed by atoms with E-state index >= 15 is 0 Å². The van der Waals surface area contributed by atoms with Crippen molar-refractivity contribution in [2.24, 2.45) is 11.8 Å². The molecule has 2 aromatic carbocycles. The lowest BCUT2D eigenvalue weighted by atomic mass is 10.0. The number of hydrogen-bond acceptors (Lipinski definition) is 2. The van der Waals surface area contributed by atoms with Crippen molar-refractivity contribution in [3.8, 4) is 5.75 Å². The topological polar surface area (TPSA) is 38.3 Å². The molecule has 0 aromatic heterocycles. The highest BCUT2D eigenvalue weighted by Gasteiger charge is 2.41. The van der Waals surface area contributed by atoms with E-state index in [2.05, 4.69) is 12.2 Å². The molecule has 0 spiro atoms. The van der Waals surface area contributed by atoms with E-state index in [1.807, 2.05) is 30.3 Å². The van der Waals surface area contributed by atoms with E-state index in [1.54, 1.807) is 6.07 Å². The van der Waals surface area contributed by atoms with Crippen LogP contribution in [0.15, 0.2) is 48.5 Å². The summed E-state index contributed by atoms with van der Waals surface area (Å²) in [5, 5.41) is 3.00. The Bertz CT molecular complexity index is 702. The molecule has 3 nitrogen and oxygen atoms in total. The van der Waals surface area contributed by atoms with Crippen LogP contribution in [-0.4, -0.2) is 13.0 Å². The summed E-state index contributed by atoms with van der Waals surface area (Å²) >= 11 is 0. The summed E-state index contributed by atoms with van der Waals surface area (Å²) in [6, 6.07) is 14.1. The normalized spacial score (nSPS) is 20.7. The lowest BCUT2D eigenvalue weighted by Gasteiger charge is -2.19. The van der Waals surface area contributed by atoms with Gasteiger partial charge in [0.2, 0.25) is 0 Å². The van der Waals surface area contributed by atoms with E-state index in [9.17, 15) is 9.18 Å². The quantitative estimate of drug-likeness (QED) is 0.907. The molecule has 0 heterocycles. The Morgan fingerprint density at radius 2 is 1.96 bits per heavy atom. The third kappa shape index (κ3) is 3.36. The highest BCUT2D eigenvalue weighted by molar-refractivity contribution is 5.94. The second-order valence-electron chi connectivity index (χ2n) is 6.08. The van der Waals surface area contributed by atoms with Gasteiger partial charge < -0.3 is 10.1 Å². The summed E-state index contributed by atoms with van der Waals surface area (Å²) in [5.74, 6) is 0.411. The molecule has 3 unspecified atom stereocenters. The van der Waals surface area contributed by atoms with Gasteiger partial charge in [-0.3, -0.25) is 4.79 Å². The zero-order chi connectivity index (χ0) is 16.4. The summed E-state index contributed by atoms with van der Waals surface area (Å²) in [5.41, 5.74) is 1.10. The Hall–Kier alpha value is -2.36. The van der Waals surface area contributed by atoms with Gasteiger partial charge in [0.1, 0.15) is 11.6 Å². The lowest BCUT2D eigenvalue weighted by molar-refractivity contribution is 0.0926. The molecule has 1 N–H and O–H groups in total. The van der Waals surface area contributed by atoms with Crippen LogP contribution < -0.4 is 10.1 Å². The largest absolute Gasteiger partial charge is 0.497 e. The molecular formula is C19H20FNO2. The monoisotopic (exact) mass is 313 g/mol. The van der Waals surface area contributed by atoms with Crippen LogP contribution in [0.2, 0.25) is 0 Å². The highest BCUT2D eigenvalue weighted by Crippen LogP contribution is 2.47. The Morgan fingerprint density at radius 3 is 2.52 bits per heavy atom. The lowest BCUT2D eigenvalue weighted by Crippen LogP contribution is -2.30. The number of hydrogen-bond donors (Lipinski definition) is 1. The van der Waals surface area contributed by atoms with E-state index in [1.165, 1.54) is 19.2 Å². The van der Waals surface area contributed by atoms with Gasteiger partial charge in [0.05, 0.1) is 18.7 Å². The number of ether oxygens (including phenoxy) is 1. The molecule has 0 saturated heterocycles. The molecule has 1 amide bonds. The van der Waals surface area contributed by atoms with Crippen LogP contribution in [0.3, 0.4) is 0 Å². The summed E-state index contributed by atoms with van der Waals surface area (Å²) in [7, 11) is 1.47. The minimum absolute atomic E-state index is 0.0417.